The quantitative estimate of drug-likeness (QED) is 0.511. The van der Waals surface area contributed by atoms with Gasteiger partial charge in [-0.1, -0.05) is 21.8 Å². The molecule has 1 aromatic carbocycles. The third-order valence-electron chi connectivity index (χ3n) is 2.57. The number of rotatable bonds is 3. The second-order valence-corrected chi connectivity index (χ2v) is 4.66. The summed E-state index contributed by atoms with van der Waals surface area (Å²) < 4.78 is 3.72. The van der Waals surface area contributed by atoms with Crippen molar-refractivity contribution in [3.05, 3.63) is 40.4 Å². The van der Waals surface area contributed by atoms with Gasteiger partial charge in [-0.3, -0.25) is 4.79 Å². The van der Waals surface area contributed by atoms with Gasteiger partial charge in [-0.05, 0) is 43.1 Å². The summed E-state index contributed by atoms with van der Waals surface area (Å²) in [4.78, 5) is 12.4. The lowest BCUT2D eigenvalue weighted by atomic mass is 10.1. The molecule has 0 aliphatic carbocycles. The van der Waals surface area contributed by atoms with Crippen LogP contribution in [0.15, 0.2) is 29.4 Å². The van der Waals surface area contributed by atoms with E-state index in [4.69, 9.17) is 5.21 Å². The number of nitrogens with one attached hydrogen (secondary N) is 1. The van der Waals surface area contributed by atoms with Crippen molar-refractivity contribution in [2.75, 3.05) is 5.32 Å². The van der Waals surface area contributed by atoms with E-state index in [2.05, 4.69) is 20.1 Å². The smallest absolute Gasteiger partial charge is 0.269 e. The summed E-state index contributed by atoms with van der Waals surface area (Å²) in [6.45, 7) is 3.43. The van der Waals surface area contributed by atoms with E-state index in [0.29, 0.717) is 22.0 Å². The minimum Gasteiger partial charge on any atom is -0.411 e. The van der Waals surface area contributed by atoms with E-state index in [0.717, 1.165) is 17.1 Å². The van der Waals surface area contributed by atoms with Gasteiger partial charge in [0.2, 0.25) is 0 Å². The van der Waals surface area contributed by atoms with Crippen molar-refractivity contribution >= 4 is 28.8 Å². The molecule has 0 unspecified atom stereocenters. The van der Waals surface area contributed by atoms with Gasteiger partial charge in [-0.15, -0.1) is 5.10 Å². The maximum Gasteiger partial charge on any atom is 0.269 e. The zero-order valence-corrected chi connectivity index (χ0v) is 11.2. The summed E-state index contributed by atoms with van der Waals surface area (Å²) in [5.74, 6) is -0.229. The van der Waals surface area contributed by atoms with Gasteiger partial charge >= 0.3 is 0 Å². The lowest BCUT2D eigenvalue weighted by Crippen LogP contribution is -2.11. The average Bonchev–Trinajstić information content (AvgIpc) is 2.85. The minimum atomic E-state index is -0.229. The zero-order valence-electron chi connectivity index (χ0n) is 10.4. The third kappa shape index (κ3) is 2.94. The Kier molecular flexibility index (Phi) is 3.86. The summed E-state index contributed by atoms with van der Waals surface area (Å²) >= 11 is 1.06. The number of hydrogen-bond donors (Lipinski definition) is 2. The van der Waals surface area contributed by atoms with E-state index in [-0.39, 0.29) is 5.91 Å². The standard InChI is InChI=1S/C12H12N4O2S/c1-7(15-18)9-3-5-10(6-4-9)13-12(17)11-8(2)14-16-19-11/h3-6,18H,1-2H3,(H,13,17). The van der Waals surface area contributed by atoms with Crippen LogP contribution < -0.4 is 5.32 Å². The largest absolute Gasteiger partial charge is 0.411 e. The molecule has 1 aromatic heterocycles. The van der Waals surface area contributed by atoms with E-state index >= 15 is 0 Å². The second kappa shape index (κ2) is 5.57. The predicted octanol–water partition coefficient (Wildman–Crippen LogP) is 2.30. The average molecular weight is 276 g/mol. The summed E-state index contributed by atoms with van der Waals surface area (Å²) in [7, 11) is 0. The van der Waals surface area contributed by atoms with Crippen molar-refractivity contribution < 1.29 is 10.0 Å². The second-order valence-electron chi connectivity index (χ2n) is 3.90. The zero-order chi connectivity index (χ0) is 13.8. The fourth-order valence-electron chi connectivity index (χ4n) is 1.48. The van der Waals surface area contributed by atoms with Gasteiger partial charge in [0.25, 0.3) is 5.91 Å². The molecule has 6 nitrogen and oxygen atoms in total. The van der Waals surface area contributed by atoms with Gasteiger partial charge in [0.05, 0.1) is 11.4 Å². The first-order valence-electron chi connectivity index (χ1n) is 5.51. The number of amides is 1. The van der Waals surface area contributed by atoms with Gasteiger partial charge in [-0.2, -0.15) is 0 Å². The maximum absolute atomic E-state index is 11.9. The van der Waals surface area contributed by atoms with Crippen LogP contribution in [0.5, 0.6) is 0 Å². The van der Waals surface area contributed by atoms with Crippen LogP contribution in [0.25, 0.3) is 0 Å². The van der Waals surface area contributed by atoms with Crippen LogP contribution in [0.1, 0.15) is 27.9 Å². The van der Waals surface area contributed by atoms with Crippen LogP contribution in [0.2, 0.25) is 0 Å². The van der Waals surface area contributed by atoms with Gasteiger partial charge in [0.15, 0.2) is 0 Å². The van der Waals surface area contributed by atoms with Crippen molar-refractivity contribution in [3.63, 3.8) is 0 Å². The molecule has 7 heteroatoms. The number of nitrogens with zero attached hydrogens (tertiary/aromatic N) is 3. The van der Waals surface area contributed by atoms with E-state index in [1.165, 1.54) is 0 Å². The molecule has 0 aliphatic rings. The van der Waals surface area contributed by atoms with E-state index in [1.54, 1.807) is 38.1 Å². The first kappa shape index (κ1) is 13.2. The van der Waals surface area contributed by atoms with Crippen LogP contribution >= 0.6 is 11.5 Å². The number of hydrogen-bond acceptors (Lipinski definition) is 6. The first-order valence-corrected chi connectivity index (χ1v) is 6.28. The van der Waals surface area contributed by atoms with Crippen LogP contribution in [0, 0.1) is 6.92 Å². The Balaban J connectivity index is 2.12. The number of carbonyl (C=O) groups excluding carboxylic acids is 1. The number of carbonyl (C=O) groups is 1. The van der Waals surface area contributed by atoms with Crippen LogP contribution in [-0.2, 0) is 0 Å². The van der Waals surface area contributed by atoms with Crippen molar-refractivity contribution in [2.24, 2.45) is 5.16 Å². The summed E-state index contributed by atoms with van der Waals surface area (Å²) in [5, 5.41) is 18.3. The molecule has 0 radical (unpaired) electrons. The molecule has 2 rings (SSSR count). The van der Waals surface area contributed by atoms with E-state index in [1.807, 2.05) is 0 Å². The lowest BCUT2D eigenvalue weighted by Gasteiger charge is -2.05. The predicted molar refractivity (Wildman–Crippen MR) is 73.0 cm³/mol. The molecule has 98 valence electrons. The molecule has 2 aromatic rings. The SMILES string of the molecule is CC(=NO)c1ccc(NC(=O)c2snnc2C)cc1. The molecule has 1 heterocycles. The summed E-state index contributed by atoms with van der Waals surface area (Å²) in [6, 6.07) is 7.02. The highest BCUT2D eigenvalue weighted by atomic mass is 32.1. The maximum atomic E-state index is 11.9. The molecule has 0 saturated carbocycles. The molecule has 2 N–H and O–H groups in total. The molecule has 0 spiro atoms. The van der Waals surface area contributed by atoms with Gasteiger partial charge < -0.3 is 10.5 Å². The Hall–Kier alpha value is -2.28. The molecule has 0 fully saturated rings. The number of aromatic nitrogens is 2. The third-order valence-corrected chi connectivity index (χ3v) is 3.39. The Bertz CT molecular complexity index is 619. The number of oxime groups is 1. The Morgan fingerprint density at radius 2 is 2.05 bits per heavy atom. The van der Waals surface area contributed by atoms with E-state index in [9.17, 15) is 4.79 Å². The molecule has 1 amide bonds. The van der Waals surface area contributed by atoms with Crippen molar-refractivity contribution in [3.8, 4) is 0 Å². The van der Waals surface area contributed by atoms with Crippen molar-refractivity contribution in [2.45, 2.75) is 13.8 Å². The molecule has 0 bridgehead atoms. The van der Waals surface area contributed by atoms with Crippen LogP contribution in [-0.4, -0.2) is 26.4 Å². The minimum absolute atomic E-state index is 0.229. The Morgan fingerprint density at radius 3 is 2.58 bits per heavy atom. The Morgan fingerprint density at radius 1 is 1.37 bits per heavy atom. The Labute approximate surface area is 113 Å². The normalized spacial score (nSPS) is 11.4. The fraction of sp³-hybridized carbons (Fsp3) is 0.167. The highest BCUT2D eigenvalue weighted by Gasteiger charge is 2.13. The molecule has 19 heavy (non-hydrogen) atoms. The molecule has 0 saturated heterocycles. The van der Waals surface area contributed by atoms with Gasteiger partial charge in [-0.25, -0.2) is 0 Å². The molecular weight excluding hydrogens is 264 g/mol. The highest BCUT2D eigenvalue weighted by Crippen LogP contribution is 2.15. The van der Waals surface area contributed by atoms with Crippen LogP contribution in [0.3, 0.4) is 0 Å². The summed E-state index contributed by atoms with van der Waals surface area (Å²) in [5.41, 5.74) is 2.58. The van der Waals surface area contributed by atoms with Crippen molar-refractivity contribution in [1.82, 2.24) is 9.59 Å². The van der Waals surface area contributed by atoms with Crippen LogP contribution in [0.4, 0.5) is 5.69 Å². The summed E-state index contributed by atoms with van der Waals surface area (Å²) in [6.07, 6.45) is 0. The molecule has 0 atom stereocenters. The monoisotopic (exact) mass is 276 g/mol. The first-order chi connectivity index (χ1) is 9.11. The number of benzene rings is 1. The van der Waals surface area contributed by atoms with Gasteiger partial charge in [0, 0.05) is 5.69 Å². The van der Waals surface area contributed by atoms with Gasteiger partial charge in [0.1, 0.15) is 4.88 Å². The highest BCUT2D eigenvalue weighted by molar-refractivity contribution is 7.08. The number of anilines is 1. The van der Waals surface area contributed by atoms with E-state index < -0.39 is 0 Å². The fourth-order valence-corrected chi connectivity index (χ4v) is 2.03. The lowest BCUT2D eigenvalue weighted by molar-refractivity contribution is 0.103. The van der Waals surface area contributed by atoms with Crippen molar-refractivity contribution in [1.29, 1.82) is 0 Å². The topological polar surface area (TPSA) is 87.5 Å². The molecule has 0 aliphatic heterocycles. The number of aryl methyl sites for hydroxylation is 1. The molecular formula is C12H12N4O2S.